The Morgan fingerprint density at radius 1 is 0.929 bits per heavy atom. The van der Waals surface area contributed by atoms with Crippen molar-refractivity contribution in [3.05, 3.63) is 66.8 Å². The van der Waals surface area contributed by atoms with Crippen LogP contribution in [0.3, 0.4) is 0 Å². The summed E-state index contributed by atoms with van der Waals surface area (Å²) in [7, 11) is 1.65. The zero-order valence-corrected chi connectivity index (χ0v) is 24.4. The van der Waals surface area contributed by atoms with Gasteiger partial charge in [0.25, 0.3) is 0 Å². The first-order chi connectivity index (χ1) is 20.7. The maximum absolute atomic E-state index is 6.32. The lowest BCUT2D eigenvalue weighted by molar-refractivity contribution is 0.0357. The van der Waals surface area contributed by atoms with Crippen molar-refractivity contribution < 1.29 is 23.7 Å². The Morgan fingerprint density at radius 3 is 2.50 bits per heavy atom. The second-order valence-corrected chi connectivity index (χ2v) is 10.6. The molecule has 0 saturated carbocycles. The monoisotopic (exact) mass is 573 g/mol. The van der Waals surface area contributed by atoms with Crippen molar-refractivity contribution in [3.63, 3.8) is 0 Å². The Kier molecular flexibility index (Phi) is 9.03. The number of fused-ring (bicyclic) bond motifs is 1. The van der Waals surface area contributed by atoms with Crippen LogP contribution in [0.2, 0.25) is 0 Å². The van der Waals surface area contributed by atoms with Gasteiger partial charge in [0.15, 0.2) is 11.5 Å². The van der Waals surface area contributed by atoms with Crippen LogP contribution in [0.4, 0.5) is 5.82 Å². The molecule has 42 heavy (non-hydrogen) atoms. The molecule has 1 aromatic carbocycles. The highest BCUT2D eigenvalue weighted by Gasteiger charge is 2.26. The molecule has 0 radical (unpaired) electrons. The fourth-order valence-corrected chi connectivity index (χ4v) is 5.54. The van der Waals surface area contributed by atoms with Gasteiger partial charge in [0.1, 0.15) is 23.1 Å². The number of hydrogen-bond acceptors (Lipinski definition) is 10. The van der Waals surface area contributed by atoms with Crippen molar-refractivity contribution in [1.29, 1.82) is 0 Å². The molecule has 0 bridgehead atoms. The minimum Gasteiger partial charge on any atom is -0.493 e. The number of rotatable bonds is 10. The lowest BCUT2D eigenvalue weighted by Crippen LogP contribution is -2.45. The predicted molar refractivity (Wildman–Crippen MR) is 162 cm³/mol. The molecule has 2 saturated heterocycles. The number of pyridine rings is 2. The Balaban J connectivity index is 1.15. The van der Waals surface area contributed by atoms with Gasteiger partial charge in [0.05, 0.1) is 57.9 Å². The van der Waals surface area contributed by atoms with E-state index in [0.717, 1.165) is 88.1 Å². The molecule has 10 heteroatoms. The van der Waals surface area contributed by atoms with Gasteiger partial charge < -0.3 is 33.5 Å². The summed E-state index contributed by atoms with van der Waals surface area (Å²) < 4.78 is 29.1. The first-order valence-corrected chi connectivity index (χ1v) is 14.7. The molecule has 1 unspecified atom stereocenters. The first-order valence-electron chi connectivity index (χ1n) is 14.7. The number of aromatic nitrogens is 2. The number of nitrogens with zero attached hydrogens (tertiary/aromatic N) is 5. The van der Waals surface area contributed by atoms with Crippen molar-refractivity contribution in [3.8, 4) is 23.0 Å². The number of benzene rings is 1. The predicted octanol–water partition coefficient (Wildman–Crippen LogP) is 4.47. The third-order valence-electron chi connectivity index (χ3n) is 7.79. The number of methoxy groups -OCH3 is 1. The summed E-state index contributed by atoms with van der Waals surface area (Å²) in [6, 6.07) is 9.85. The second kappa shape index (κ2) is 13.4. The SMILES string of the molecule is COc1cc2c(Oc3ccc(N4C(N5CCOCC5)=CC=CC4C)nc3)ccnc2cc1OCCCN1CCOCC1. The van der Waals surface area contributed by atoms with Gasteiger partial charge in [-0.05, 0) is 43.7 Å². The number of hydrogen-bond donors (Lipinski definition) is 0. The molecule has 5 heterocycles. The summed E-state index contributed by atoms with van der Waals surface area (Å²) in [6.45, 7) is 10.5. The standard InChI is InChI=1S/C32H39N5O5/c1-24-5-3-6-32(36-14-19-40-20-15-36)37(24)31-8-7-25(23-34-31)42-28-9-10-33-27-22-30(29(38-2)21-26(27)28)41-16-4-11-35-12-17-39-18-13-35/h3,5-10,21-24H,4,11-20H2,1-2H3. The average Bonchev–Trinajstić information content (AvgIpc) is 3.04. The Labute approximate surface area is 247 Å². The molecule has 0 aliphatic carbocycles. The van der Waals surface area contributed by atoms with Gasteiger partial charge in [-0.15, -0.1) is 0 Å². The molecular formula is C32H39N5O5. The number of allylic oxidation sites excluding steroid dienone is 2. The van der Waals surface area contributed by atoms with Crippen LogP contribution in [-0.4, -0.2) is 98.7 Å². The molecule has 2 aromatic heterocycles. The van der Waals surface area contributed by atoms with E-state index in [0.29, 0.717) is 29.6 Å². The molecule has 0 amide bonds. The van der Waals surface area contributed by atoms with Crippen LogP contribution in [0.25, 0.3) is 10.9 Å². The molecule has 6 rings (SSSR count). The summed E-state index contributed by atoms with van der Waals surface area (Å²) in [5, 5.41) is 0.839. The molecule has 1 atom stereocenters. The molecule has 0 spiro atoms. The van der Waals surface area contributed by atoms with E-state index in [4.69, 9.17) is 28.7 Å². The Hall–Kier alpha value is -3.86. The van der Waals surface area contributed by atoms with Crippen LogP contribution in [0, 0.1) is 0 Å². The molecular weight excluding hydrogens is 534 g/mol. The second-order valence-electron chi connectivity index (χ2n) is 10.6. The van der Waals surface area contributed by atoms with Crippen molar-refractivity contribution in [2.75, 3.05) is 77.8 Å². The maximum atomic E-state index is 6.32. The molecule has 0 N–H and O–H groups in total. The van der Waals surface area contributed by atoms with E-state index in [-0.39, 0.29) is 6.04 Å². The zero-order chi connectivity index (χ0) is 28.7. The molecule has 3 aliphatic heterocycles. The van der Waals surface area contributed by atoms with E-state index in [1.807, 2.05) is 30.3 Å². The van der Waals surface area contributed by atoms with Crippen molar-refractivity contribution >= 4 is 16.7 Å². The number of ether oxygens (including phenoxy) is 5. The summed E-state index contributed by atoms with van der Waals surface area (Å²) in [4.78, 5) is 16.4. The van der Waals surface area contributed by atoms with E-state index in [1.165, 1.54) is 0 Å². The highest BCUT2D eigenvalue weighted by Crippen LogP contribution is 2.37. The first kappa shape index (κ1) is 28.3. The molecule has 3 aromatic rings. The Morgan fingerprint density at radius 2 is 1.74 bits per heavy atom. The quantitative estimate of drug-likeness (QED) is 0.324. The third kappa shape index (κ3) is 6.46. The smallest absolute Gasteiger partial charge is 0.163 e. The van der Waals surface area contributed by atoms with Gasteiger partial charge in [-0.1, -0.05) is 12.2 Å². The molecule has 10 nitrogen and oxygen atoms in total. The van der Waals surface area contributed by atoms with E-state index < -0.39 is 0 Å². The van der Waals surface area contributed by atoms with Gasteiger partial charge in [-0.2, -0.15) is 0 Å². The fraction of sp³-hybridized carbons (Fsp3) is 0.438. The summed E-state index contributed by atoms with van der Waals surface area (Å²) >= 11 is 0. The summed E-state index contributed by atoms with van der Waals surface area (Å²) in [5.41, 5.74) is 0.773. The van der Waals surface area contributed by atoms with Crippen LogP contribution >= 0.6 is 0 Å². The van der Waals surface area contributed by atoms with Crippen molar-refractivity contribution in [2.45, 2.75) is 19.4 Å². The minimum absolute atomic E-state index is 0.180. The van der Waals surface area contributed by atoms with Crippen molar-refractivity contribution in [2.24, 2.45) is 0 Å². The molecule has 3 aliphatic rings. The number of morpholine rings is 2. The van der Waals surface area contributed by atoms with Gasteiger partial charge in [-0.25, -0.2) is 4.98 Å². The minimum atomic E-state index is 0.180. The van der Waals surface area contributed by atoms with Crippen LogP contribution in [-0.2, 0) is 9.47 Å². The van der Waals surface area contributed by atoms with Gasteiger partial charge in [0, 0.05) is 50.4 Å². The van der Waals surface area contributed by atoms with E-state index in [1.54, 1.807) is 19.5 Å². The fourth-order valence-electron chi connectivity index (χ4n) is 5.54. The van der Waals surface area contributed by atoms with E-state index >= 15 is 0 Å². The van der Waals surface area contributed by atoms with Gasteiger partial charge in [-0.3, -0.25) is 9.88 Å². The Bertz CT molecular complexity index is 1400. The average molecular weight is 574 g/mol. The maximum Gasteiger partial charge on any atom is 0.163 e. The van der Waals surface area contributed by atoms with Gasteiger partial charge >= 0.3 is 0 Å². The lowest BCUT2D eigenvalue weighted by atomic mass is 10.1. The van der Waals surface area contributed by atoms with E-state index in [2.05, 4.69) is 44.8 Å². The normalized spacial score (nSPS) is 19.6. The van der Waals surface area contributed by atoms with Crippen molar-refractivity contribution in [1.82, 2.24) is 19.8 Å². The summed E-state index contributed by atoms with van der Waals surface area (Å²) in [6.07, 6.45) is 10.9. The molecule has 222 valence electrons. The zero-order valence-electron chi connectivity index (χ0n) is 24.4. The van der Waals surface area contributed by atoms with Crippen LogP contribution in [0.5, 0.6) is 23.0 Å². The van der Waals surface area contributed by atoms with E-state index in [9.17, 15) is 0 Å². The van der Waals surface area contributed by atoms with Crippen LogP contribution < -0.4 is 19.1 Å². The third-order valence-corrected chi connectivity index (χ3v) is 7.79. The van der Waals surface area contributed by atoms with Gasteiger partial charge in [0.2, 0.25) is 0 Å². The van der Waals surface area contributed by atoms with Crippen LogP contribution in [0.15, 0.2) is 66.8 Å². The molecule has 2 fully saturated rings. The number of anilines is 1. The lowest BCUT2D eigenvalue weighted by Gasteiger charge is -2.40. The largest absolute Gasteiger partial charge is 0.493 e. The highest BCUT2D eigenvalue weighted by molar-refractivity contribution is 5.88. The topological polar surface area (TPSA) is 81.7 Å². The summed E-state index contributed by atoms with van der Waals surface area (Å²) in [5.74, 6) is 4.65. The highest BCUT2D eigenvalue weighted by atomic mass is 16.5. The van der Waals surface area contributed by atoms with Crippen LogP contribution in [0.1, 0.15) is 13.3 Å².